The van der Waals surface area contributed by atoms with E-state index in [2.05, 4.69) is 226 Å². The van der Waals surface area contributed by atoms with Crippen molar-refractivity contribution in [1.82, 2.24) is 9.13 Å². The minimum absolute atomic E-state index is 0.0882. The summed E-state index contributed by atoms with van der Waals surface area (Å²) >= 11 is 7.36. The van der Waals surface area contributed by atoms with Gasteiger partial charge in [0.15, 0.2) is 0 Å². The van der Waals surface area contributed by atoms with Crippen LogP contribution >= 0.6 is 31.9 Å². The fraction of sp³-hybridized carbons (Fsp3) is 0.111. The van der Waals surface area contributed by atoms with Gasteiger partial charge in [-0.15, -0.1) is 0 Å². The summed E-state index contributed by atoms with van der Waals surface area (Å²) in [5.74, 6) is 0. The average molecular weight is 875 g/mol. The standard InChI is InChI=1S/C54H38Br2N2/c1-53(2)45-11-7-5-9-37(45)39-27-43-41-25-31(13-23-49(41)57(51(43)29-47(39)53)35-19-15-33(55)16-20-35)32-14-24-50-42(26-32)44-28-40-38-10-6-8-12-46(38)54(3,4)48(40)30-52(44)58(50)36-21-17-34(56)18-22-36/h5-30H,1-4H3. The molecular formula is C54H38Br2N2. The van der Waals surface area contributed by atoms with E-state index in [0.29, 0.717) is 0 Å². The second-order valence-corrected chi connectivity index (χ2v) is 19.1. The Hall–Kier alpha value is -5.68. The third-order valence-electron chi connectivity index (χ3n) is 13.4. The summed E-state index contributed by atoms with van der Waals surface area (Å²) in [6.45, 7) is 9.47. The van der Waals surface area contributed by atoms with Gasteiger partial charge in [-0.2, -0.15) is 0 Å². The van der Waals surface area contributed by atoms with E-state index in [1.807, 2.05) is 0 Å². The Morgan fingerprint density at radius 3 is 1.14 bits per heavy atom. The molecule has 0 saturated carbocycles. The summed E-state index contributed by atoms with van der Waals surface area (Å²) < 4.78 is 7.06. The highest BCUT2D eigenvalue weighted by molar-refractivity contribution is 9.10. The summed E-state index contributed by atoms with van der Waals surface area (Å²) in [5, 5.41) is 5.07. The van der Waals surface area contributed by atoms with Gasteiger partial charge in [0.1, 0.15) is 0 Å². The fourth-order valence-corrected chi connectivity index (χ4v) is 11.1. The number of halogens is 2. The van der Waals surface area contributed by atoms with E-state index in [0.717, 1.165) is 20.3 Å². The van der Waals surface area contributed by atoms with Gasteiger partial charge in [-0.3, -0.25) is 0 Å². The Morgan fingerprint density at radius 1 is 0.345 bits per heavy atom. The summed E-state index contributed by atoms with van der Waals surface area (Å²) in [6, 6.07) is 59.4. The molecule has 2 aliphatic carbocycles. The van der Waals surface area contributed by atoms with Crippen LogP contribution < -0.4 is 0 Å². The molecule has 10 aromatic rings. The summed E-state index contributed by atoms with van der Waals surface area (Å²) in [4.78, 5) is 0. The van der Waals surface area contributed by atoms with E-state index in [1.54, 1.807) is 0 Å². The van der Waals surface area contributed by atoms with Crippen LogP contribution in [0.2, 0.25) is 0 Å². The van der Waals surface area contributed by atoms with Crippen molar-refractivity contribution in [2.45, 2.75) is 38.5 Å². The first kappa shape index (κ1) is 34.4. The van der Waals surface area contributed by atoms with E-state index in [1.165, 1.54) is 99.2 Å². The molecule has 2 heterocycles. The Kier molecular flexibility index (Phi) is 7.08. The molecule has 0 atom stereocenters. The van der Waals surface area contributed by atoms with Gasteiger partial charge in [-0.1, -0.05) is 120 Å². The number of hydrogen-bond donors (Lipinski definition) is 0. The van der Waals surface area contributed by atoms with Crippen molar-refractivity contribution in [3.8, 4) is 44.8 Å². The van der Waals surface area contributed by atoms with Crippen LogP contribution in [0.15, 0.2) is 167 Å². The Morgan fingerprint density at radius 2 is 0.724 bits per heavy atom. The van der Waals surface area contributed by atoms with Crippen molar-refractivity contribution in [1.29, 1.82) is 0 Å². The number of benzene rings is 8. The van der Waals surface area contributed by atoms with E-state index in [-0.39, 0.29) is 10.8 Å². The van der Waals surface area contributed by atoms with Crippen LogP contribution in [0.4, 0.5) is 0 Å². The summed E-state index contributed by atoms with van der Waals surface area (Å²) in [6.07, 6.45) is 0. The number of nitrogens with zero attached hydrogens (tertiary/aromatic N) is 2. The van der Waals surface area contributed by atoms with Gasteiger partial charge < -0.3 is 9.13 Å². The molecule has 2 aliphatic rings. The molecule has 0 N–H and O–H groups in total. The molecule has 8 aromatic carbocycles. The van der Waals surface area contributed by atoms with Crippen molar-refractivity contribution < 1.29 is 0 Å². The van der Waals surface area contributed by atoms with Crippen LogP contribution in [-0.4, -0.2) is 9.13 Å². The SMILES string of the molecule is CC1(C)c2ccccc2-c2cc3c4cc(-c5ccc6c(c5)c5cc7c(cc5n6-c5ccc(Br)cc5)C(C)(C)c5ccccc5-7)ccc4n(-c4ccc(Br)cc4)c3cc21. The number of fused-ring (bicyclic) bond motifs is 12. The lowest BCUT2D eigenvalue weighted by atomic mass is 9.82. The normalized spacial score (nSPS) is 14.7. The van der Waals surface area contributed by atoms with Gasteiger partial charge >= 0.3 is 0 Å². The summed E-state index contributed by atoms with van der Waals surface area (Å²) in [7, 11) is 0. The largest absolute Gasteiger partial charge is 0.309 e. The topological polar surface area (TPSA) is 9.86 Å². The van der Waals surface area contributed by atoms with Crippen molar-refractivity contribution in [2.24, 2.45) is 0 Å². The van der Waals surface area contributed by atoms with Crippen LogP contribution in [0.5, 0.6) is 0 Å². The Balaban J connectivity index is 1.11. The van der Waals surface area contributed by atoms with Crippen LogP contribution in [0.25, 0.3) is 88.4 Å². The molecule has 0 fully saturated rings. The molecule has 58 heavy (non-hydrogen) atoms. The lowest BCUT2D eigenvalue weighted by Gasteiger charge is -2.21. The molecule has 2 nitrogen and oxygen atoms in total. The van der Waals surface area contributed by atoms with Gasteiger partial charge in [0.2, 0.25) is 0 Å². The fourth-order valence-electron chi connectivity index (χ4n) is 10.5. The van der Waals surface area contributed by atoms with Gasteiger partial charge in [-0.05, 0) is 153 Å². The zero-order valence-corrected chi connectivity index (χ0v) is 35.8. The molecule has 0 radical (unpaired) electrons. The Bertz CT molecular complexity index is 3170. The zero-order chi connectivity index (χ0) is 39.2. The molecule has 2 aromatic heterocycles. The first-order valence-electron chi connectivity index (χ1n) is 20.1. The molecule has 0 saturated heterocycles. The molecule has 12 rings (SSSR count). The van der Waals surface area contributed by atoms with E-state index >= 15 is 0 Å². The monoisotopic (exact) mass is 872 g/mol. The predicted octanol–water partition coefficient (Wildman–Crippen LogP) is 15.7. The third-order valence-corrected chi connectivity index (χ3v) is 14.5. The molecule has 0 bridgehead atoms. The highest BCUT2D eigenvalue weighted by Gasteiger charge is 2.37. The number of aromatic nitrogens is 2. The van der Waals surface area contributed by atoms with Crippen LogP contribution in [0, 0.1) is 0 Å². The first-order valence-corrected chi connectivity index (χ1v) is 21.6. The maximum atomic E-state index is 3.68. The van der Waals surface area contributed by atoms with Crippen LogP contribution in [0.1, 0.15) is 49.9 Å². The van der Waals surface area contributed by atoms with Gasteiger partial charge in [0, 0.05) is 52.7 Å². The lowest BCUT2D eigenvalue weighted by molar-refractivity contribution is 0.661. The lowest BCUT2D eigenvalue weighted by Crippen LogP contribution is -2.14. The van der Waals surface area contributed by atoms with Crippen molar-refractivity contribution >= 4 is 75.5 Å². The minimum Gasteiger partial charge on any atom is -0.309 e. The van der Waals surface area contributed by atoms with E-state index in [9.17, 15) is 0 Å². The average Bonchev–Trinajstić information content (AvgIpc) is 3.88. The second-order valence-electron chi connectivity index (χ2n) is 17.3. The summed E-state index contributed by atoms with van der Waals surface area (Å²) in [5.41, 5.74) is 20.4. The van der Waals surface area contributed by atoms with E-state index < -0.39 is 0 Å². The number of rotatable bonds is 3. The molecule has 0 aliphatic heterocycles. The molecule has 278 valence electrons. The first-order chi connectivity index (χ1) is 28.1. The van der Waals surface area contributed by atoms with Crippen molar-refractivity contribution in [2.75, 3.05) is 0 Å². The highest BCUT2D eigenvalue weighted by Crippen LogP contribution is 2.53. The van der Waals surface area contributed by atoms with Crippen molar-refractivity contribution in [3.63, 3.8) is 0 Å². The zero-order valence-electron chi connectivity index (χ0n) is 32.7. The molecule has 0 amide bonds. The smallest absolute Gasteiger partial charge is 0.0544 e. The Labute approximate surface area is 354 Å². The quantitative estimate of drug-likeness (QED) is 0.167. The van der Waals surface area contributed by atoms with Gasteiger partial charge in [0.05, 0.1) is 22.1 Å². The third kappa shape index (κ3) is 4.65. The molecule has 4 heteroatoms. The van der Waals surface area contributed by atoms with Crippen LogP contribution in [-0.2, 0) is 10.8 Å². The molecule has 0 unspecified atom stereocenters. The minimum atomic E-state index is -0.0882. The maximum absolute atomic E-state index is 3.68. The van der Waals surface area contributed by atoms with Gasteiger partial charge in [0.25, 0.3) is 0 Å². The van der Waals surface area contributed by atoms with Gasteiger partial charge in [-0.25, -0.2) is 0 Å². The number of hydrogen-bond acceptors (Lipinski definition) is 0. The van der Waals surface area contributed by atoms with Crippen LogP contribution in [0.3, 0.4) is 0 Å². The van der Waals surface area contributed by atoms with Crippen molar-refractivity contribution in [3.05, 3.63) is 189 Å². The van der Waals surface area contributed by atoms with E-state index in [4.69, 9.17) is 0 Å². The highest BCUT2D eigenvalue weighted by atomic mass is 79.9. The molecular weight excluding hydrogens is 836 g/mol. The molecule has 0 spiro atoms. The predicted molar refractivity (Wildman–Crippen MR) is 251 cm³/mol. The maximum Gasteiger partial charge on any atom is 0.0544 e. The second kappa shape index (κ2) is 11.9.